The van der Waals surface area contributed by atoms with Crippen LogP contribution in [-0.4, -0.2) is 59.5 Å². The van der Waals surface area contributed by atoms with Gasteiger partial charge in [-0.05, 0) is 26.0 Å². The van der Waals surface area contributed by atoms with Gasteiger partial charge in [0.15, 0.2) is 0 Å². The Bertz CT molecular complexity index is 723. The van der Waals surface area contributed by atoms with Gasteiger partial charge in [0.2, 0.25) is 0 Å². The van der Waals surface area contributed by atoms with Gasteiger partial charge in [0.05, 0.1) is 17.7 Å². The molecule has 2 N–H and O–H groups in total. The molecule has 0 saturated carbocycles. The van der Waals surface area contributed by atoms with Crippen LogP contribution < -0.4 is 0 Å². The molecule has 9 nitrogen and oxygen atoms in total. The Labute approximate surface area is 155 Å². The Hall–Kier alpha value is -3.20. The number of ether oxygens (including phenoxy) is 3. The third kappa shape index (κ3) is 7.70. The molecule has 1 aromatic rings. The molecule has 1 rings (SSSR count). The van der Waals surface area contributed by atoms with Crippen molar-refractivity contribution in [2.24, 2.45) is 0 Å². The van der Waals surface area contributed by atoms with Crippen LogP contribution in [0.5, 0.6) is 0 Å². The van der Waals surface area contributed by atoms with Gasteiger partial charge in [0, 0.05) is 12.2 Å². The van der Waals surface area contributed by atoms with E-state index in [0.717, 1.165) is 6.08 Å². The fraction of sp³-hybridized carbons (Fsp3) is 0.333. The quantitative estimate of drug-likeness (QED) is 0.364. The van der Waals surface area contributed by atoms with E-state index >= 15 is 0 Å². The molecular weight excluding hydrogens is 360 g/mol. The van der Waals surface area contributed by atoms with E-state index in [0.29, 0.717) is 6.08 Å². The first kappa shape index (κ1) is 21.8. The largest absolute Gasteiger partial charge is 0.478 e. The molecule has 27 heavy (non-hydrogen) atoms. The number of carboxylic acids is 1. The Balaban J connectivity index is 2.68. The van der Waals surface area contributed by atoms with Gasteiger partial charge in [0.25, 0.3) is 0 Å². The molecule has 2 unspecified atom stereocenters. The second-order valence-electron chi connectivity index (χ2n) is 5.46. The van der Waals surface area contributed by atoms with E-state index in [-0.39, 0.29) is 24.3 Å². The molecule has 0 aliphatic carbocycles. The van der Waals surface area contributed by atoms with Crippen LogP contribution in [0.25, 0.3) is 0 Å². The molecule has 0 aromatic heterocycles. The van der Waals surface area contributed by atoms with Crippen molar-refractivity contribution in [3.8, 4) is 0 Å². The Kier molecular flexibility index (Phi) is 8.67. The fourth-order valence-corrected chi connectivity index (χ4v) is 1.80. The van der Waals surface area contributed by atoms with E-state index in [1.165, 1.54) is 38.1 Å². The number of esters is 3. The molecule has 0 bridgehead atoms. The van der Waals surface area contributed by atoms with Gasteiger partial charge in [0.1, 0.15) is 18.8 Å². The number of carboxylic acid groups (broad SMARTS) is 1. The highest BCUT2D eigenvalue weighted by Gasteiger charge is 2.21. The highest BCUT2D eigenvalue weighted by molar-refractivity contribution is 6.03. The lowest BCUT2D eigenvalue weighted by molar-refractivity contribution is -0.144. The van der Waals surface area contributed by atoms with E-state index in [9.17, 15) is 19.2 Å². The van der Waals surface area contributed by atoms with Crippen LogP contribution in [0.4, 0.5) is 0 Å². The van der Waals surface area contributed by atoms with Crippen molar-refractivity contribution in [1.82, 2.24) is 0 Å². The topological polar surface area (TPSA) is 136 Å². The Morgan fingerprint density at radius 2 is 1.56 bits per heavy atom. The second-order valence-corrected chi connectivity index (χ2v) is 5.46. The molecule has 0 aliphatic heterocycles. The maximum atomic E-state index is 12.2. The van der Waals surface area contributed by atoms with Gasteiger partial charge in [-0.25, -0.2) is 19.2 Å². The SMILES string of the molecule is CC(COC(=O)c1ccccc1C(=O)OC(C)CO)OC(=O)C=CC(=O)O. The highest BCUT2D eigenvalue weighted by atomic mass is 16.6. The van der Waals surface area contributed by atoms with Gasteiger partial charge < -0.3 is 24.4 Å². The number of benzene rings is 1. The predicted molar refractivity (Wildman–Crippen MR) is 91.0 cm³/mol. The summed E-state index contributed by atoms with van der Waals surface area (Å²) in [6, 6.07) is 5.82. The minimum absolute atomic E-state index is 0.0307. The predicted octanol–water partition coefficient (Wildman–Crippen LogP) is 0.954. The summed E-state index contributed by atoms with van der Waals surface area (Å²) >= 11 is 0. The third-order valence-corrected chi connectivity index (χ3v) is 3.06. The lowest BCUT2D eigenvalue weighted by Crippen LogP contribution is -2.24. The zero-order valence-corrected chi connectivity index (χ0v) is 14.8. The fourth-order valence-electron chi connectivity index (χ4n) is 1.80. The molecule has 2 atom stereocenters. The van der Waals surface area contributed by atoms with Crippen molar-refractivity contribution in [3.05, 3.63) is 47.5 Å². The number of hydrogen-bond donors (Lipinski definition) is 2. The molecular formula is C18H20O9. The lowest BCUT2D eigenvalue weighted by Gasteiger charge is -2.14. The van der Waals surface area contributed by atoms with Crippen LogP contribution in [0.2, 0.25) is 0 Å². The molecule has 9 heteroatoms. The van der Waals surface area contributed by atoms with Gasteiger partial charge in [-0.2, -0.15) is 0 Å². The van der Waals surface area contributed by atoms with Crippen molar-refractivity contribution in [2.75, 3.05) is 13.2 Å². The van der Waals surface area contributed by atoms with Crippen LogP contribution in [0.1, 0.15) is 34.6 Å². The van der Waals surface area contributed by atoms with Crippen molar-refractivity contribution >= 4 is 23.9 Å². The standard InChI is InChI=1S/C18H20O9/c1-11(9-19)27-18(24)14-6-4-3-5-13(14)17(23)25-10-12(2)26-16(22)8-7-15(20)21/h3-8,11-12,19H,9-10H2,1-2H3,(H,20,21). The van der Waals surface area contributed by atoms with Crippen molar-refractivity contribution in [1.29, 1.82) is 0 Å². The molecule has 0 heterocycles. The molecule has 146 valence electrons. The average molecular weight is 380 g/mol. The van der Waals surface area contributed by atoms with Crippen LogP contribution in [0.15, 0.2) is 36.4 Å². The summed E-state index contributed by atoms with van der Waals surface area (Å²) in [6.45, 7) is 2.27. The molecule has 0 amide bonds. The van der Waals surface area contributed by atoms with E-state index in [2.05, 4.69) is 0 Å². The molecule has 1 aromatic carbocycles. The number of hydrogen-bond acceptors (Lipinski definition) is 8. The smallest absolute Gasteiger partial charge is 0.339 e. The number of aliphatic hydroxyl groups is 1. The van der Waals surface area contributed by atoms with Gasteiger partial charge in [-0.3, -0.25) is 0 Å². The first-order chi connectivity index (χ1) is 12.7. The number of carbonyl (C=O) groups is 4. The summed E-state index contributed by atoms with van der Waals surface area (Å²) in [5.74, 6) is -3.82. The third-order valence-electron chi connectivity index (χ3n) is 3.06. The number of aliphatic hydroxyl groups excluding tert-OH is 1. The van der Waals surface area contributed by atoms with Crippen molar-refractivity contribution in [2.45, 2.75) is 26.1 Å². The zero-order chi connectivity index (χ0) is 20.4. The maximum Gasteiger partial charge on any atom is 0.339 e. The first-order valence-corrected chi connectivity index (χ1v) is 7.94. The van der Waals surface area contributed by atoms with E-state index in [1.54, 1.807) is 0 Å². The number of aliphatic carboxylic acids is 1. The van der Waals surface area contributed by atoms with Gasteiger partial charge in [-0.15, -0.1) is 0 Å². The lowest BCUT2D eigenvalue weighted by atomic mass is 10.1. The monoisotopic (exact) mass is 380 g/mol. The summed E-state index contributed by atoms with van der Waals surface area (Å²) in [4.78, 5) is 46.0. The highest BCUT2D eigenvalue weighted by Crippen LogP contribution is 2.13. The maximum absolute atomic E-state index is 12.2. The summed E-state index contributed by atoms with van der Waals surface area (Å²) in [7, 11) is 0. The number of carbonyl (C=O) groups excluding carboxylic acids is 3. The van der Waals surface area contributed by atoms with E-state index < -0.39 is 36.1 Å². The second kappa shape index (κ2) is 10.7. The Morgan fingerprint density at radius 3 is 2.11 bits per heavy atom. The van der Waals surface area contributed by atoms with Gasteiger partial charge >= 0.3 is 23.9 Å². The first-order valence-electron chi connectivity index (χ1n) is 7.94. The zero-order valence-electron chi connectivity index (χ0n) is 14.8. The normalized spacial score (nSPS) is 12.9. The summed E-state index contributed by atoms with van der Waals surface area (Å²) < 4.78 is 14.9. The average Bonchev–Trinajstić information content (AvgIpc) is 2.64. The molecule has 0 aliphatic rings. The van der Waals surface area contributed by atoms with E-state index in [4.69, 9.17) is 24.4 Å². The van der Waals surface area contributed by atoms with E-state index in [1.807, 2.05) is 0 Å². The molecule has 0 spiro atoms. The summed E-state index contributed by atoms with van der Waals surface area (Å²) in [6.07, 6.45) is -0.224. The van der Waals surface area contributed by atoms with Crippen LogP contribution in [-0.2, 0) is 23.8 Å². The minimum atomic E-state index is -1.30. The van der Waals surface area contributed by atoms with Crippen LogP contribution >= 0.6 is 0 Å². The van der Waals surface area contributed by atoms with Crippen LogP contribution in [0, 0.1) is 0 Å². The molecule has 0 saturated heterocycles. The summed E-state index contributed by atoms with van der Waals surface area (Å²) in [5, 5.41) is 17.4. The summed E-state index contributed by atoms with van der Waals surface area (Å²) in [5.41, 5.74) is -0.0752. The Morgan fingerprint density at radius 1 is 0.963 bits per heavy atom. The van der Waals surface area contributed by atoms with Crippen LogP contribution in [0.3, 0.4) is 0 Å². The van der Waals surface area contributed by atoms with Crippen molar-refractivity contribution < 1.29 is 43.6 Å². The minimum Gasteiger partial charge on any atom is -0.478 e. The molecule has 0 fully saturated rings. The molecule has 0 radical (unpaired) electrons. The van der Waals surface area contributed by atoms with Gasteiger partial charge in [-0.1, -0.05) is 12.1 Å². The number of rotatable bonds is 9. The van der Waals surface area contributed by atoms with Crippen molar-refractivity contribution in [3.63, 3.8) is 0 Å².